The summed E-state index contributed by atoms with van der Waals surface area (Å²) in [5.41, 5.74) is 2.68. The van der Waals surface area contributed by atoms with E-state index in [4.69, 9.17) is 16.3 Å². The van der Waals surface area contributed by atoms with E-state index < -0.39 is 0 Å². The molecular weight excluding hydrogens is 538 g/mol. The average molecular weight is 570 g/mol. The summed E-state index contributed by atoms with van der Waals surface area (Å²) in [6.07, 6.45) is 5.78. The minimum atomic E-state index is -0.189. The number of aromatic nitrogens is 3. The van der Waals surface area contributed by atoms with Gasteiger partial charge in [0.25, 0.3) is 0 Å². The van der Waals surface area contributed by atoms with Crippen LogP contribution in [-0.2, 0) is 24.2 Å². The highest BCUT2D eigenvalue weighted by molar-refractivity contribution is 7.99. The van der Waals surface area contributed by atoms with Crippen LogP contribution < -0.4 is 10.1 Å². The quantitative estimate of drug-likeness (QED) is 0.209. The normalized spacial score (nSPS) is 15.0. The maximum Gasteiger partial charge on any atom is 0.235 e. The molecule has 0 bridgehead atoms. The topological polar surface area (TPSA) is 92.8 Å². The van der Waals surface area contributed by atoms with Crippen molar-refractivity contribution in [1.82, 2.24) is 14.8 Å². The van der Waals surface area contributed by atoms with Crippen molar-refractivity contribution in [3.05, 3.63) is 51.9 Å². The van der Waals surface area contributed by atoms with Crippen molar-refractivity contribution < 1.29 is 9.53 Å². The number of benzene rings is 1. The molecule has 0 spiro atoms. The third kappa shape index (κ3) is 5.78. The minimum absolute atomic E-state index is 0.126. The second kappa shape index (κ2) is 11.9. The molecule has 1 amide bonds. The Hall–Kier alpha value is -2.80. The zero-order valence-corrected chi connectivity index (χ0v) is 24.5. The molecule has 38 heavy (non-hydrogen) atoms. The number of hydrogen-bond acceptors (Lipinski definition) is 7. The van der Waals surface area contributed by atoms with Gasteiger partial charge in [0.2, 0.25) is 5.91 Å². The molecule has 1 aliphatic rings. The van der Waals surface area contributed by atoms with Crippen LogP contribution in [0.15, 0.2) is 36.0 Å². The van der Waals surface area contributed by atoms with E-state index in [9.17, 15) is 10.1 Å². The van der Waals surface area contributed by atoms with E-state index in [0.29, 0.717) is 50.3 Å². The van der Waals surface area contributed by atoms with Gasteiger partial charge in [-0.1, -0.05) is 56.6 Å². The molecule has 7 nitrogen and oxygen atoms in total. The van der Waals surface area contributed by atoms with Gasteiger partial charge >= 0.3 is 0 Å². The number of nitrogens with zero attached hydrogens (tertiary/aromatic N) is 4. The Morgan fingerprint density at radius 3 is 2.92 bits per heavy atom. The lowest BCUT2D eigenvalue weighted by atomic mass is 9.69. The van der Waals surface area contributed by atoms with Gasteiger partial charge in [0, 0.05) is 16.4 Å². The van der Waals surface area contributed by atoms with E-state index in [1.54, 1.807) is 42.7 Å². The standard InChI is InChI=1S/C28H32ClN5O2S2/c1-6-12-34-25(20-14-18(29)9-11-22(20)36-5)32-33-27(34)37-16-24(35)31-26-21(15-30)19-10-8-17(13-23(19)38-26)28(3,4)7-2/h6,9,11,14,17H,1,7-8,10,12-13,16H2,2-5H3,(H,31,35). The number of anilines is 1. The number of rotatable bonds is 10. The Labute approximate surface area is 237 Å². The van der Waals surface area contributed by atoms with Crippen molar-refractivity contribution in [2.45, 2.75) is 58.2 Å². The van der Waals surface area contributed by atoms with Gasteiger partial charge in [0.1, 0.15) is 16.8 Å². The Morgan fingerprint density at radius 1 is 1.45 bits per heavy atom. The average Bonchev–Trinajstić information content (AvgIpc) is 3.47. The number of allylic oxidation sites excluding steroid dienone is 1. The molecule has 10 heteroatoms. The summed E-state index contributed by atoms with van der Waals surface area (Å²) in [5.74, 6) is 1.71. The van der Waals surface area contributed by atoms with Gasteiger partial charge in [-0.05, 0) is 54.4 Å². The van der Waals surface area contributed by atoms with Crippen molar-refractivity contribution in [1.29, 1.82) is 5.26 Å². The molecule has 4 rings (SSSR count). The Morgan fingerprint density at radius 2 is 2.24 bits per heavy atom. The zero-order valence-electron chi connectivity index (χ0n) is 22.1. The molecule has 0 radical (unpaired) electrons. The fourth-order valence-electron chi connectivity index (χ4n) is 4.78. The summed E-state index contributed by atoms with van der Waals surface area (Å²) in [6, 6.07) is 7.65. The molecule has 1 atom stereocenters. The number of carbonyl (C=O) groups excluding carboxylic acids is 1. The van der Waals surface area contributed by atoms with Crippen LogP contribution in [0, 0.1) is 22.7 Å². The highest BCUT2D eigenvalue weighted by Gasteiger charge is 2.34. The number of hydrogen-bond donors (Lipinski definition) is 1. The smallest absolute Gasteiger partial charge is 0.235 e. The second-order valence-corrected chi connectivity index (χ2v) is 12.5. The molecule has 1 aliphatic carbocycles. The lowest BCUT2D eigenvalue weighted by Crippen LogP contribution is -2.28. The number of carbonyl (C=O) groups is 1. The first-order chi connectivity index (χ1) is 18.2. The maximum atomic E-state index is 13.0. The number of thiophene rings is 1. The number of thioether (sulfide) groups is 1. The van der Waals surface area contributed by atoms with Crippen LogP contribution in [0.5, 0.6) is 5.75 Å². The summed E-state index contributed by atoms with van der Waals surface area (Å²) in [6.45, 7) is 11.2. The van der Waals surface area contributed by atoms with Gasteiger partial charge in [0.05, 0.1) is 24.0 Å². The van der Waals surface area contributed by atoms with Crippen LogP contribution in [0.2, 0.25) is 5.02 Å². The van der Waals surface area contributed by atoms with Crippen LogP contribution in [0.25, 0.3) is 11.4 Å². The van der Waals surface area contributed by atoms with Crippen molar-refractivity contribution in [3.8, 4) is 23.2 Å². The summed E-state index contributed by atoms with van der Waals surface area (Å²) in [7, 11) is 1.59. The van der Waals surface area contributed by atoms with Gasteiger partial charge in [-0.15, -0.1) is 28.1 Å². The molecule has 1 N–H and O–H groups in total. The predicted molar refractivity (Wildman–Crippen MR) is 155 cm³/mol. The van der Waals surface area contributed by atoms with E-state index in [-0.39, 0.29) is 17.1 Å². The van der Waals surface area contributed by atoms with Crippen LogP contribution >= 0.6 is 34.7 Å². The lowest BCUT2D eigenvalue weighted by Gasteiger charge is -2.36. The highest BCUT2D eigenvalue weighted by Crippen LogP contribution is 2.45. The summed E-state index contributed by atoms with van der Waals surface area (Å²) >= 11 is 9.05. The van der Waals surface area contributed by atoms with Crippen molar-refractivity contribution in [3.63, 3.8) is 0 Å². The fourth-order valence-corrected chi connectivity index (χ4v) is 7.00. The van der Waals surface area contributed by atoms with Gasteiger partial charge in [0.15, 0.2) is 11.0 Å². The molecule has 0 aliphatic heterocycles. The van der Waals surface area contributed by atoms with E-state index in [1.165, 1.54) is 16.6 Å². The molecular formula is C28H32ClN5O2S2. The van der Waals surface area contributed by atoms with Crippen LogP contribution in [-0.4, -0.2) is 33.5 Å². The largest absolute Gasteiger partial charge is 0.496 e. The number of nitriles is 1. The number of ether oxygens (including phenoxy) is 1. The van der Waals surface area contributed by atoms with E-state index >= 15 is 0 Å². The minimum Gasteiger partial charge on any atom is -0.496 e. The molecule has 1 aromatic carbocycles. The predicted octanol–water partition coefficient (Wildman–Crippen LogP) is 7.00. The third-order valence-electron chi connectivity index (χ3n) is 7.41. The molecule has 3 aromatic rings. The first kappa shape index (κ1) is 28.2. The molecule has 1 unspecified atom stereocenters. The highest BCUT2D eigenvalue weighted by atomic mass is 35.5. The Balaban J connectivity index is 1.50. The summed E-state index contributed by atoms with van der Waals surface area (Å²) < 4.78 is 7.36. The monoisotopic (exact) mass is 569 g/mol. The zero-order chi connectivity index (χ0) is 27.4. The van der Waals surface area contributed by atoms with Crippen molar-refractivity contribution in [2.24, 2.45) is 11.3 Å². The Bertz CT molecular complexity index is 1390. The van der Waals surface area contributed by atoms with Crippen LogP contribution in [0.1, 0.15) is 49.6 Å². The number of nitrogens with one attached hydrogen (secondary N) is 1. The van der Waals surface area contributed by atoms with Crippen LogP contribution in [0.4, 0.5) is 5.00 Å². The van der Waals surface area contributed by atoms with Gasteiger partial charge in [-0.2, -0.15) is 5.26 Å². The molecule has 0 saturated carbocycles. The third-order valence-corrected chi connectivity index (χ3v) is 9.78. The number of halogens is 1. The first-order valence-electron chi connectivity index (χ1n) is 12.6. The molecule has 2 heterocycles. The van der Waals surface area contributed by atoms with E-state index in [0.717, 1.165) is 31.2 Å². The van der Waals surface area contributed by atoms with Crippen LogP contribution in [0.3, 0.4) is 0 Å². The summed E-state index contributed by atoms with van der Waals surface area (Å²) in [5, 5.41) is 23.3. The fraction of sp³-hybridized carbons (Fsp3) is 0.429. The number of methoxy groups -OCH3 is 1. The Kier molecular flexibility index (Phi) is 8.86. The molecule has 0 saturated heterocycles. The SMILES string of the molecule is C=CCn1c(SCC(=O)Nc2sc3c(c2C#N)CCC(C(C)(C)CC)C3)nnc1-c1cc(Cl)ccc1OC. The second-order valence-electron chi connectivity index (χ2n) is 9.99. The van der Waals surface area contributed by atoms with Crippen molar-refractivity contribution in [2.75, 3.05) is 18.2 Å². The molecule has 2 aromatic heterocycles. The summed E-state index contributed by atoms with van der Waals surface area (Å²) in [4.78, 5) is 14.2. The first-order valence-corrected chi connectivity index (χ1v) is 14.8. The van der Waals surface area contributed by atoms with Gasteiger partial charge in [-0.3, -0.25) is 9.36 Å². The maximum absolute atomic E-state index is 13.0. The molecule has 200 valence electrons. The number of fused-ring (bicyclic) bond motifs is 1. The lowest BCUT2D eigenvalue weighted by molar-refractivity contribution is -0.113. The van der Waals surface area contributed by atoms with Gasteiger partial charge in [-0.25, -0.2) is 0 Å². The van der Waals surface area contributed by atoms with E-state index in [1.807, 2.05) is 4.57 Å². The van der Waals surface area contributed by atoms with E-state index in [2.05, 4.69) is 48.9 Å². The van der Waals surface area contributed by atoms with Crippen molar-refractivity contribution >= 4 is 45.6 Å². The number of amides is 1. The van der Waals surface area contributed by atoms with Gasteiger partial charge < -0.3 is 10.1 Å². The molecule has 0 fully saturated rings.